The van der Waals surface area contributed by atoms with Crippen molar-refractivity contribution in [2.75, 3.05) is 39.3 Å². The SMILES string of the molecule is C=C(Cl)CN1CCC(CN2CCCC2)CC1. The Bertz CT molecular complexity index is 228. The Balaban J connectivity index is 1.66. The molecule has 0 saturated carbocycles. The molecule has 2 heterocycles. The van der Waals surface area contributed by atoms with Crippen molar-refractivity contribution in [3.05, 3.63) is 11.6 Å². The van der Waals surface area contributed by atoms with Crippen LogP contribution in [0.15, 0.2) is 11.6 Å². The minimum atomic E-state index is 0.776. The molecular formula is C13H23ClN2. The van der Waals surface area contributed by atoms with Crippen molar-refractivity contribution < 1.29 is 0 Å². The van der Waals surface area contributed by atoms with E-state index in [2.05, 4.69) is 16.4 Å². The number of piperidine rings is 1. The smallest absolute Gasteiger partial charge is 0.0335 e. The van der Waals surface area contributed by atoms with E-state index in [1.54, 1.807) is 0 Å². The molecule has 0 amide bonds. The van der Waals surface area contributed by atoms with Crippen LogP contribution in [0.1, 0.15) is 25.7 Å². The van der Waals surface area contributed by atoms with Crippen LogP contribution in [0.5, 0.6) is 0 Å². The van der Waals surface area contributed by atoms with E-state index in [0.717, 1.165) is 17.5 Å². The monoisotopic (exact) mass is 242 g/mol. The van der Waals surface area contributed by atoms with Gasteiger partial charge in [0.25, 0.3) is 0 Å². The first-order valence-electron chi connectivity index (χ1n) is 6.52. The largest absolute Gasteiger partial charge is 0.303 e. The molecule has 0 aromatic carbocycles. The summed E-state index contributed by atoms with van der Waals surface area (Å²) in [7, 11) is 0. The lowest BCUT2D eigenvalue weighted by atomic mass is 9.96. The molecule has 2 aliphatic rings. The normalized spacial score (nSPS) is 25.1. The van der Waals surface area contributed by atoms with Crippen molar-refractivity contribution in [1.82, 2.24) is 9.80 Å². The third-order valence-corrected chi connectivity index (χ3v) is 3.94. The van der Waals surface area contributed by atoms with Gasteiger partial charge in [-0.05, 0) is 57.8 Å². The van der Waals surface area contributed by atoms with E-state index in [1.807, 2.05) is 0 Å². The van der Waals surface area contributed by atoms with Crippen molar-refractivity contribution in [1.29, 1.82) is 0 Å². The van der Waals surface area contributed by atoms with Crippen molar-refractivity contribution in [2.24, 2.45) is 5.92 Å². The topological polar surface area (TPSA) is 6.48 Å². The van der Waals surface area contributed by atoms with Crippen LogP contribution in [-0.4, -0.2) is 49.1 Å². The lowest BCUT2D eigenvalue weighted by molar-refractivity contribution is 0.164. The highest BCUT2D eigenvalue weighted by atomic mass is 35.5. The Labute approximate surface area is 104 Å². The Morgan fingerprint density at radius 2 is 1.69 bits per heavy atom. The second-order valence-corrected chi connectivity index (χ2v) is 5.78. The van der Waals surface area contributed by atoms with Gasteiger partial charge >= 0.3 is 0 Å². The van der Waals surface area contributed by atoms with E-state index in [4.69, 9.17) is 11.6 Å². The van der Waals surface area contributed by atoms with Gasteiger partial charge in [-0.25, -0.2) is 0 Å². The fraction of sp³-hybridized carbons (Fsp3) is 0.846. The third-order valence-electron chi connectivity index (χ3n) is 3.82. The van der Waals surface area contributed by atoms with E-state index in [9.17, 15) is 0 Å². The van der Waals surface area contributed by atoms with E-state index in [-0.39, 0.29) is 0 Å². The first-order chi connectivity index (χ1) is 7.74. The molecule has 0 unspecified atom stereocenters. The fourth-order valence-electron chi connectivity index (χ4n) is 2.90. The predicted octanol–water partition coefficient (Wildman–Crippen LogP) is 2.55. The summed E-state index contributed by atoms with van der Waals surface area (Å²) in [4.78, 5) is 5.07. The molecule has 0 spiro atoms. The molecule has 0 atom stereocenters. The average molecular weight is 243 g/mol. The second kappa shape index (κ2) is 6.04. The third kappa shape index (κ3) is 3.76. The quantitative estimate of drug-likeness (QED) is 0.748. The summed E-state index contributed by atoms with van der Waals surface area (Å²) in [6, 6.07) is 0. The van der Waals surface area contributed by atoms with Gasteiger partial charge < -0.3 is 4.90 Å². The Hall–Kier alpha value is -0.0500. The highest BCUT2D eigenvalue weighted by Gasteiger charge is 2.22. The lowest BCUT2D eigenvalue weighted by Gasteiger charge is -2.33. The summed E-state index contributed by atoms with van der Waals surface area (Å²) in [6.45, 7) is 11.0. The zero-order valence-electron chi connectivity index (χ0n) is 10.1. The van der Waals surface area contributed by atoms with Crippen LogP contribution in [-0.2, 0) is 0 Å². The summed E-state index contributed by atoms with van der Waals surface area (Å²) < 4.78 is 0. The van der Waals surface area contributed by atoms with E-state index < -0.39 is 0 Å². The molecule has 2 rings (SSSR count). The van der Waals surface area contributed by atoms with Crippen LogP contribution in [0.25, 0.3) is 0 Å². The molecule has 16 heavy (non-hydrogen) atoms. The molecule has 2 fully saturated rings. The van der Waals surface area contributed by atoms with E-state index >= 15 is 0 Å². The van der Waals surface area contributed by atoms with Gasteiger partial charge in [0.15, 0.2) is 0 Å². The number of halogens is 1. The Kier molecular flexibility index (Phi) is 4.68. The van der Waals surface area contributed by atoms with Crippen LogP contribution < -0.4 is 0 Å². The number of hydrogen-bond acceptors (Lipinski definition) is 2. The molecule has 0 N–H and O–H groups in total. The zero-order valence-corrected chi connectivity index (χ0v) is 10.9. The minimum Gasteiger partial charge on any atom is -0.303 e. The maximum Gasteiger partial charge on any atom is 0.0335 e. The predicted molar refractivity (Wildman–Crippen MR) is 69.8 cm³/mol. The van der Waals surface area contributed by atoms with Gasteiger partial charge in [-0.1, -0.05) is 18.2 Å². The number of likely N-dealkylation sites (tertiary alicyclic amines) is 2. The standard InChI is InChI=1S/C13H23ClN2/c1-12(14)10-16-8-4-13(5-9-16)11-15-6-2-3-7-15/h13H,1-11H2. The van der Waals surface area contributed by atoms with Crippen LogP contribution in [0.3, 0.4) is 0 Å². The van der Waals surface area contributed by atoms with Gasteiger partial charge in [-0.2, -0.15) is 0 Å². The Morgan fingerprint density at radius 1 is 1.06 bits per heavy atom. The van der Waals surface area contributed by atoms with Crippen LogP contribution >= 0.6 is 11.6 Å². The highest BCUT2D eigenvalue weighted by molar-refractivity contribution is 6.29. The molecule has 3 heteroatoms. The van der Waals surface area contributed by atoms with Crippen molar-refractivity contribution in [3.8, 4) is 0 Å². The lowest BCUT2D eigenvalue weighted by Crippen LogP contribution is -2.38. The van der Waals surface area contributed by atoms with Gasteiger partial charge in [0, 0.05) is 18.1 Å². The number of rotatable bonds is 4. The van der Waals surface area contributed by atoms with Gasteiger partial charge in [-0.3, -0.25) is 4.90 Å². The zero-order chi connectivity index (χ0) is 11.4. The maximum absolute atomic E-state index is 5.84. The Morgan fingerprint density at radius 3 is 2.25 bits per heavy atom. The molecule has 0 radical (unpaired) electrons. The van der Waals surface area contributed by atoms with Gasteiger partial charge in [0.2, 0.25) is 0 Å². The van der Waals surface area contributed by atoms with Crippen LogP contribution in [0, 0.1) is 5.92 Å². The molecule has 0 bridgehead atoms. The molecule has 92 valence electrons. The maximum atomic E-state index is 5.84. The average Bonchev–Trinajstić information content (AvgIpc) is 2.73. The summed E-state index contributed by atoms with van der Waals surface area (Å²) in [5.41, 5.74) is 0. The van der Waals surface area contributed by atoms with Crippen molar-refractivity contribution in [2.45, 2.75) is 25.7 Å². The van der Waals surface area contributed by atoms with Gasteiger partial charge in [0.1, 0.15) is 0 Å². The number of nitrogens with zero attached hydrogens (tertiary/aromatic N) is 2. The van der Waals surface area contributed by atoms with E-state index in [1.165, 1.54) is 58.4 Å². The molecule has 0 aromatic rings. The number of hydrogen-bond donors (Lipinski definition) is 0. The van der Waals surface area contributed by atoms with Crippen LogP contribution in [0.2, 0.25) is 0 Å². The molecular weight excluding hydrogens is 220 g/mol. The van der Waals surface area contributed by atoms with Gasteiger partial charge in [-0.15, -0.1) is 0 Å². The first-order valence-corrected chi connectivity index (χ1v) is 6.90. The molecule has 0 aliphatic carbocycles. The summed E-state index contributed by atoms with van der Waals surface area (Å²) in [5.74, 6) is 0.915. The summed E-state index contributed by atoms with van der Waals surface area (Å²) in [6.07, 6.45) is 5.48. The molecule has 0 aromatic heterocycles. The molecule has 2 aliphatic heterocycles. The molecule has 2 nitrogen and oxygen atoms in total. The summed E-state index contributed by atoms with van der Waals surface area (Å²) >= 11 is 5.84. The fourth-order valence-corrected chi connectivity index (χ4v) is 3.07. The van der Waals surface area contributed by atoms with Crippen molar-refractivity contribution in [3.63, 3.8) is 0 Å². The van der Waals surface area contributed by atoms with Crippen molar-refractivity contribution >= 4 is 11.6 Å². The first kappa shape index (κ1) is 12.4. The molecule has 2 saturated heterocycles. The summed E-state index contributed by atoms with van der Waals surface area (Å²) in [5, 5.41) is 0.776. The minimum absolute atomic E-state index is 0.776. The van der Waals surface area contributed by atoms with Gasteiger partial charge in [0.05, 0.1) is 0 Å². The second-order valence-electron chi connectivity index (χ2n) is 5.24. The van der Waals surface area contributed by atoms with Crippen LogP contribution in [0.4, 0.5) is 0 Å². The highest BCUT2D eigenvalue weighted by Crippen LogP contribution is 2.21. The van der Waals surface area contributed by atoms with E-state index in [0.29, 0.717) is 0 Å².